The molecule has 1 unspecified atom stereocenters. The Morgan fingerprint density at radius 3 is 2.47 bits per heavy atom. The number of fused-ring (bicyclic) bond motifs is 1. The molecule has 0 aliphatic heterocycles. The smallest absolute Gasteiger partial charge is 0.0267 e. The van der Waals surface area contributed by atoms with Gasteiger partial charge < -0.3 is 0 Å². The number of allylic oxidation sites excluding steroid dienone is 2. The molecule has 0 amide bonds. The van der Waals surface area contributed by atoms with Crippen LogP contribution in [0.3, 0.4) is 0 Å². The molecule has 2 aliphatic carbocycles. The van der Waals surface area contributed by atoms with Crippen LogP contribution in [0.15, 0.2) is 11.6 Å². The number of hydrogen-bond donors (Lipinski definition) is 0. The van der Waals surface area contributed by atoms with Crippen LogP contribution in [-0.2, 0) is 0 Å². The van der Waals surface area contributed by atoms with Gasteiger partial charge in [0.15, 0.2) is 0 Å². The normalized spacial score (nSPS) is 33.5. The lowest BCUT2D eigenvalue weighted by Gasteiger charge is -2.32. The van der Waals surface area contributed by atoms with Crippen molar-refractivity contribution in [1.82, 2.24) is 0 Å². The van der Waals surface area contributed by atoms with Crippen LogP contribution in [0.1, 0.15) is 78.6 Å². The van der Waals surface area contributed by atoms with Gasteiger partial charge in [0.1, 0.15) is 0 Å². The molecule has 0 nitrogen and oxygen atoms in total. The van der Waals surface area contributed by atoms with Crippen LogP contribution in [0.2, 0.25) is 0 Å². The maximum Gasteiger partial charge on any atom is -0.0267 e. The highest BCUT2D eigenvalue weighted by molar-refractivity contribution is 4.97. The molecule has 2 aliphatic rings. The lowest BCUT2D eigenvalue weighted by molar-refractivity contribution is 0.181. The van der Waals surface area contributed by atoms with E-state index in [9.17, 15) is 0 Å². The lowest BCUT2D eigenvalue weighted by atomic mass is 9.73. The van der Waals surface area contributed by atoms with Crippen molar-refractivity contribution in [2.24, 2.45) is 17.3 Å². The first-order chi connectivity index (χ1) is 8.12. The van der Waals surface area contributed by atoms with Gasteiger partial charge in [0.2, 0.25) is 0 Å². The fourth-order valence-corrected chi connectivity index (χ4v) is 4.51. The van der Waals surface area contributed by atoms with Crippen LogP contribution in [0.25, 0.3) is 0 Å². The average molecular weight is 234 g/mol. The molecule has 17 heavy (non-hydrogen) atoms. The second-order valence-electron chi connectivity index (χ2n) is 7.01. The number of rotatable bonds is 5. The predicted octanol–water partition coefficient (Wildman–Crippen LogP) is 5.73. The van der Waals surface area contributed by atoms with Gasteiger partial charge in [-0.25, -0.2) is 0 Å². The molecule has 0 aromatic rings. The highest BCUT2D eigenvalue weighted by Crippen LogP contribution is 2.57. The molecule has 0 saturated heterocycles. The minimum atomic E-state index is 0.796. The average Bonchev–Trinajstić information content (AvgIpc) is 2.75. The lowest BCUT2D eigenvalue weighted by Crippen LogP contribution is -2.22. The molecule has 0 N–H and O–H groups in total. The number of hydrogen-bond acceptors (Lipinski definition) is 0. The van der Waals surface area contributed by atoms with E-state index in [0.717, 1.165) is 17.3 Å². The standard InChI is InChI=1S/C17H30/c1-14(2)7-4-8-15(3)13-17-11-5-9-16(17)10-6-12-17/h7,15-16H,4-6,8-13H2,1-3H3. The van der Waals surface area contributed by atoms with Crippen molar-refractivity contribution in [2.45, 2.75) is 78.6 Å². The first-order valence-electron chi connectivity index (χ1n) is 7.76. The van der Waals surface area contributed by atoms with E-state index >= 15 is 0 Å². The molecule has 1 atom stereocenters. The summed E-state index contributed by atoms with van der Waals surface area (Å²) in [5.41, 5.74) is 2.28. The molecular weight excluding hydrogens is 204 g/mol. The Kier molecular flexibility index (Phi) is 4.33. The third-order valence-corrected chi connectivity index (χ3v) is 5.29. The van der Waals surface area contributed by atoms with Crippen LogP contribution in [-0.4, -0.2) is 0 Å². The van der Waals surface area contributed by atoms with Crippen molar-refractivity contribution >= 4 is 0 Å². The zero-order valence-electron chi connectivity index (χ0n) is 12.1. The topological polar surface area (TPSA) is 0 Å². The summed E-state index contributed by atoms with van der Waals surface area (Å²) in [4.78, 5) is 0. The fourth-order valence-electron chi connectivity index (χ4n) is 4.51. The maximum absolute atomic E-state index is 2.49. The van der Waals surface area contributed by atoms with E-state index in [1.807, 2.05) is 0 Å². The second-order valence-corrected chi connectivity index (χ2v) is 7.01. The van der Waals surface area contributed by atoms with Gasteiger partial charge >= 0.3 is 0 Å². The van der Waals surface area contributed by atoms with Gasteiger partial charge in [0.25, 0.3) is 0 Å². The van der Waals surface area contributed by atoms with Gasteiger partial charge in [-0.1, -0.05) is 31.4 Å². The molecule has 2 fully saturated rings. The largest absolute Gasteiger partial charge is 0.0859 e. The van der Waals surface area contributed by atoms with Gasteiger partial charge in [-0.05, 0) is 76.0 Å². The van der Waals surface area contributed by atoms with Gasteiger partial charge in [-0.15, -0.1) is 0 Å². The van der Waals surface area contributed by atoms with E-state index in [-0.39, 0.29) is 0 Å². The van der Waals surface area contributed by atoms with E-state index in [4.69, 9.17) is 0 Å². The highest BCUT2D eigenvalue weighted by Gasteiger charge is 2.45. The van der Waals surface area contributed by atoms with Crippen LogP contribution in [0.5, 0.6) is 0 Å². The Hall–Kier alpha value is -0.260. The third-order valence-electron chi connectivity index (χ3n) is 5.29. The van der Waals surface area contributed by atoms with Crippen molar-refractivity contribution < 1.29 is 0 Å². The Labute approximate surface area is 108 Å². The zero-order valence-corrected chi connectivity index (χ0v) is 12.1. The molecule has 0 bridgehead atoms. The molecule has 0 aromatic carbocycles. The summed E-state index contributed by atoms with van der Waals surface area (Å²) in [7, 11) is 0. The van der Waals surface area contributed by atoms with Crippen LogP contribution < -0.4 is 0 Å². The SMILES string of the molecule is CC(C)=CCCC(C)CC12CCCC1CCC2. The molecule has 98 valence electrons. The highest BCUT2D eigenvalue weighted by atomic mass is 14.5. The molecule has 2 rings (SSSR count). The van der Waals surface area contributed by atoms with Gasteiger partial charge in [-0.2, -0.15) is 0 Å². The Bertz CT molecular complexity index is 260. The summed E-state index contributed by atoms with van der Waals surface area (Å²) >= 11 is 0. The summed E-state index contributed by atoms with van der Waals surface area (Å²) in [5.74, 6) is 2.04. The third kappa shape index (κ3) is 3.14. The summed E-state index contributed by atoms with van der Waals surface area (Å²) < 4.78 is 0. The first-order valence-corrected chi connectivity index (χ1v) is 7.76. The zero-order chi connectivity index (χ0) is 12.3. The summed E-state index contributed by atoms with van der Waals surface area (Å²) in [6.07, 6.45) is 15.8. The minimum absolute atomic E-state index is 0.796. The molecular formula is C17H30. The Balaban J connectivity index is 1.81. The van der Waals surface area contributed by atoms with E-state index in [2.05, 4.69) is 26.8 Å². The fraction of sp³-hybridized carbons (Fsp3) is 0.882. The van der Waals surface area contributed by atoms with E-state index in [1.54, 1.807) is 25.7 Å². The van der Waals surface area contributed by atoms with Gasteiger partial charge in [0, 0.05) is 0 Å². The molecule has 2 saturated carbocycles. The maximum atomic E-state index is 2.49. The molecule has 0 spiro atoms. The van der Waals surface area contributed by atoms with Crippen molar-refractivity contribution in [2.75, 3.05) is 0 Å². The van der Waals surface area contributed by atoms with Crippen molar-refractivity contribution in [3.8, 4) is 0 Å². The molecule has 0 aromatic heterocycles. The Morgan fingerprint density at radius 2 is 1.88 bits per heavy atom. The summed E-state index contributed by atoms with van der Waals surface area (Å²) in [5, 5.41) is 0. The quantitative estimate of drug-likeness (QED) is 0.533. The van der Waals surface area contributed by atoms with Crippen LogP contribution >= 0.6 is 0 Å². The van der Waals surface area contributed by atoms with E-state index in [0.29, 0.717) is 0 Å². The van der Waals surface area contributed by atoms with Crippen LogP contribution in [0.4, 0.5) is 0 Å². The van der Waals surface area contributed by atoms with Crippen molar-refractivity contribution in [3.63, 3.8) is 0 Å². The first kappa shape index (κ1) is 13.2. The van der Waals surface area contributed by atoms with E-state index < -0.39 is 0 Å². The molecule has 0 heteroatoms. The van der Waals surface area contributed by atoms with Crippen LogP contribution in [0, 0.1) is 17.3 Å². The Morgan fingerprint density at radius 1 is 1.24 bits per heavy atom. The monoisotopic (exact) mass is 234 g/mol. The van der Waals surface area contributed by atoms with Crippen molar-refractivity contribution in [3.05, 3.63) is 11.6 Å². The molecule has 0 heterocycles. The predicted molar refractivity (Wildman–Crippen MR) is 76.1 cm³/mol. The summed E-state index contributed by atoms with van der Waals surface area (Å²) in [6.45, 7) is 6.92. The summed E-state index contributed by atoms with van der Waals surface area (Å²) in [6, 6.07) is 0. The molecule has 0 radical (unpaired) electrons. The van der Waals surface area contributed by atoms with E-state index in [1.165, 1.54) is 37.7 Å². The van der Waals surface area contributed by atoms with Gasteiger partial charge in [0.05, 0.1) is 0 Å². The minimum Gasteiger partial charge on any atom is -0.0859 e. The van der Waals surface area contributed by atoms with Gasteiger partial charge in [-0.3, -0.25) is 0 Å². The second kappa shape index (κ2) is 5.59. The van der Waals surface area contributed by atoms with Crippen molar-refractivity contribution in [1.29, 1.82) is 0 Å².